The number of rotatable bonds is 8. The molecule has 0 saturated carbocycles. The monoisotopic (exact) mass is 473 g/mol. The molecule has 0 spiro atoms. The molecule has 3 aromatic rings. The molecule has 0 aliphatic heterocycles. The Hall–Kier alpha value is -3.60. The van der Waals surface area contributed by atoms with Crippen molar-refractivity contribution in [1.29, 1.82) is 0 Å². The number of carbonyl (C=O) groups is 2. The summed E-state index contributed by atoms with van der Waals surface area (Å²) in [4.78, 5) is 39.6. The fourth-order valence-corrected chi connectivity index (χ4v) is 3.69. The second kappa shape index (κ2) is 10.8. The molecule has 2 aromatic carbocycles. The largest absolute Gasteiger partial charge is 0.325 e. The zero-order chi connectivity index (χ0) is 24.0. The third kappa shape index (κ3) is 6.01. The molecule has 2 amide bonds. The molecule has 1 atom stereocenters. The van der Waals surface area contributed by atoms with Gasteiger partial charge in [-0.2, -0.15) is 0 Å². The summed E-state index contributed by atoms with van der Waals surface area (Å²) in [7, 11) is 0. The van der Waals surface area contributed by atoms with Crippen LogP contribution in [0.1, 0.15) is 26.7 Å². The lowest BCUT2D eigenvalue weighted by atomic mass is 10.1. The van der Waals surface area contributed by atoms with Crippen LogP contribution in [0.5, 0.6) is 0 Å². The normalized spacial score (nSPS) is 11.6. The first-order valence-electron chi connectivity index (χ1n) is 10.1. The van der Waals surface area contributed by atoms with Crippen molar-refractivity contribution in [3.8, 4) is 11.3 Å². The number of halogens is 2. The molecular weight excluding hydrogens is 452 g/mol. The third-order valence-corrected chi connectivity index (χ3v) is 5.80. The van der Waals surface area contributed by atoms with Crippen LogP contribution in [0.3, 0.4) is 0 Å². The van der Waals surface area contributed by atoms with Gasteiger partial charge < -0.3 is 10.6 Å². The summed E-state index contributed by atoms with van der Waals surface area (Å²) in [5, 5.41) is 12.5. The highest BCUT2D eigenvalue weighted by Crippen LogP contribution is 2.26. The van der Waals surface area contributed by atoms with Crippen molar-refractivity contribution in [2.45, 2.75) is 37.1 Å². The number of benzene rings is 2. The Labute approximate surface area is 192 Å². The van der Waals surface area contributed by atoms with Gasteiger partial charge in [0.1, 0.15) is 11.6 Å². The highest BCUT2D eigenvalue weighted by atomic mass is 32.2. The standard InChI is InChI=1S/C22H21F2N5O3S/c1-3-17(20(31)26-16-10-9-12(23)11-14(16)24)33-22-27-21(32)19(28-29-22)13-7-5-6-8-15(13)25-18(30)4-2/h5-11,17H,3-4H2,1-2H3,(H,25,30)(H,26,31)(H,27,29,32)/t17-/m0/s1. The maximum atomic E-state index is 13.8. The molecule has 0 fully saturated rings. The van der Waals surface area contributed by atoms with E-state index in [9.17, 15) is 23.2 Å². The van der Waals surface area contributed by atoms with Gasteiger partial charge in [0.2, 0.25) is 11.8 Å². The highest BCUT2D eigenvalue weighted by Gasteiger charge is 2.22. The quantitative estimate of drug-likeness (QED) is 0.426. The van der Waals surface area contributed by atoms with Crippen LogP contribution in [0.4, 0.5) is 20.2 Å². The van der Waals surface area contributed by atoms with Crippen molar-refractivity contribution in [3.63, 3.8) is 0 Å². The number of nitrogens with zero attached hydrogens (tertiary/aromatic N) is 2. The number of hydrogen-bond acceptors (Lipinski definition) is 6. The molecule has 11 heteroatoms. The Morgan fingerprint density at radius 3 is 2.48 bits per heavy atom. The number of hydrogen-bond donors (Lipinski definition) is 3. The van der Waals surface area contributed by atoms with Crippen LogP contribution in [0, 0.1) is 11.6 Å². The summed E-state index contributed by atoms with van der Waals surface area (Å²) in [6, 6.07) is 9.55. The summed E-state index contributed by atoms with van der Waals surface area (Å²) in [6.07, 6.45) is 0.616. The van der Waals surface area contributed by atoms with Crippen LogP contribution in [0.15, 0.2) is 52.4 Å². The molecule has 3 rings (SSSR count). The summed E-state index contributed by atoms with van der Waals surface area (Å²) in [6.45, 7) is 3.45. The molecule has 8 nitrogen and oxygen atoms in total. The number of carbonyl (C=O) groups excluding carboxylic acids is 2. The molecule has 3 N–H and O–H groups in total. The summed E-state index contributed by atoms with van der Waals surface area (Å²) < 4.78 is 26.9. The summed E-state index contributed by atoms with van der Waals surface area (Å²) in [5.41, 5.74) is 0.141. The van der Waals surface area contributed by atoms with E-state index in [-0.39, 0.29) is 28.9 Å². The van der Waals surface area contributed by atoms with Crippen molar-refractivity contribution in [1.82, 2.24) is 15.2 Å². The van der Waals surface area contributed by atoms with Crippen LogP contribution in [0.2, 0.25) is 0 Å². The Kier molecular flexibility index (Phi) is 7.88. The third-order valence-electron chi connectivity index (χ3n) is 4.56. The summed E-state index contributed by atoms with van der Waals surface area (Å²) in [5.74, 6) is -2.40. The van der Waals surface area contributed by atoms with E-state index < -0.39 is 28.4 Å². The summed E-state index contributed by atoms with van der Waals surface area (Å²) >= 11 is 0.954. The fraction of sp³-hybridized carbons (Fsp3) is 0.227. The number of anilines is 2. The van der Waals surface area contributed by atoms with Gasteiger partial charge in [0.15, 0.2) is 10.9 Å². The Bertz CT molecular complexity index is 1230. The van der Waals surface area contributed by atoms with Gasteiger partial charge in [-0.1, -0.05) is 43.8 Å². The van der Waals surface area contributed by atoms with E-state index >= 15 is 0 Å². The van der Waals surface area contributed by atoms with Crippen LogP contribution in [0.25, 0.3) is 11.3 Å². The van der Waals surface area contributed by atoms with Crippen LogP contribution < -0.4 is 16.2 Å². The Morgan fingerprint density at radius 2 is 1.82 bits per heavy atom. The first-order chi connectivity index (χ1) is 15.8. The van der Waals surface area contributed by atoms with Gasteiger partial charge in [-0.05, 0) is 24.6 Å². The van der Waals surface area contributed by atoms with Crippen molar-refractivity contribution in [2.24, 2.45) is 0 Å². The predicted molar refractivity (Wildman–Crippen MR) is 122 cm³/mol. The zero-order valence-corrected chi connectivity index (χ0v) is 18.6. The number of aromatic amines is 1. The first-order valence-corrected chi connectivity index (χ1v) is 11.0. The zero-order valence-electron chi connectivity index (χ0n) is 17.8. The maximum absolute atomic E-state index is 13.8. The number of aromatic nitrogens is 3. The van der Waals surface area contributed by atoms with E-state index in [1.54, 1.807) is 38.1 Å². The topological polar surface area (TPSA) is 117 Å². The number of para-hydroxylation sites is 1. The lowest BCUT2D eigenvalue weighted by Gasteiger charge is -2.14. The van der Waals surface area contributed by atoms with Crippen molar-refractivity contribution < 1.29 is 18.4 Å². The van der Waals surface area contributed by atoms with Crippen molar-refractivity contribution >= 4 is 35.0 Å². The van der Waals surface area contributed by atoms with Crippen molar-refractivity contribution in [3.05, 3.63) is 64.5 Å². The molecule has 1 aromatic heterocycles. The average molecular weight is 474 g/mol. The smallest absolute Gasteiger partial charge is 0.278 e. The molecule has 0 unspecified atom stereocenters. The first kappa shape index (κ1) is 24.1. The molecule has 33 heavy (non-hydrogen) atoms. The molecule has 0 aliphatic carbocycles. The van der Waals surface area contributed by atoms with E-state index in [1.165, 1.54) is 0 Å². The van der Waals surface area contributed by atoms with Gasteiger partial charge in [-0.3, -0.25) is 19.4 Å². The molecule has 0 bridgehead atoms. The molecule has 0 radical (unpaired) electrons. The van der Waals surface area contributed by atoms with E-state index in [0.29, 0.717) is 23.7 Å². The minimum Gasteiger partial charge on any atom is -0.325 e. The Morgan fingerprint density at radius 1 is 1.06 bits per heavy atom. The average Bonchev–Trinajstić information content (AvgIpc) is 2.79. The predicted octanol–water partition coefficient (Wildman–Crippen LogP) is 3.97. The maximum Gasteiger partial charge on any atom is 0.278 e. The SMILES string of the molecule is CCC(=O)Nc1ccccc1-c1nnc(S[C@@H](CC)C(=O)Nc2ccc(F)cc2F)[nH]c1=O. The minimum absolute atomic E-state index is 0.0113. The van der Waals surface area contributed by atoms with Gasteiger partial charge >= 0.3 is 0 Å². The molecule has 1 heterocycles. The van der Waals surface area contributed by atoms with Gasteiger partial charge in [0, 0.05) is 18.1 Å². The van der Waals surface area contributed by atoms with Crippen LogP contribution in [-0.2, 0) is 9.59 Å². The van der Waals surface area contributed by atoms with Crippen LogP contribution >= 0.6 is 11.8 Å². The van der Waals surface area contributed by atoms with Crippen LogP contribution in [-0.4, -0.2) is 32.2 Å². The van der Waals surface area contributed by atoms with Crippen molar-refractivity contribution in [2.75, 3.05) is 10.6 Å². The molecule has 0 aliphatic rings. The minimum atomic E-state index is -0.894. The highest BCUT2D eigenvalue weighted by molar-refractivity contribution is 8.00. The van der Waals surface area contributed by atoms with E-state index in [2.05, 4.69) is 25.8 Å². The second-order valence-corrected chi connectivity index (χ2v) is 8.07. The Balaban J connectivity index is 1.79. The molecule has 0 saturated heterocycles. The fourth-order valence-electron chi connectivity index (χ4n) is 2.85. The molecular formula is C22H21F2N5O3S. The van der Waals surface area contributed by atoms with Gasteiger partial charge in [0.25, 0.3) is 5.56 Å². The molecule has 172 valence electrons. The number of H-pyrrole nitrogens is 1. The number of thioether (sulfide) groups is 1. The van der Waals surface area contributed by atoms with Gasteiger partial charge in [0.05, 0.1) is 16.6 Å². The lowest BCUT2D eigenvalue weighted by molar-refractivity contribution is -0.116. The van der Waals surface area contributed by atoms with E-state index in [4.69, 9.17) is 0 Å². The van der Waals surface area contributed by atoms with Gasteiger partial charge in [-0.25, -0.2) is 8.78 Å². The van der Waals surface area contributed by atoms with Gasteiger partial charge in [-0.15, -0.1) is 10.2 Å². The van der Waals surface area contributed by atoms with E-state index in [0.717, 1.165) is 23.9 Å². The second-order valence-electron chi connectivity index (χ2n) is 6.88. The van der Waals surface area contributed by atoms with E-state index in [1.807, 2.05) is 0 Å². The lowest BCUT2D eigenvalue weighted by Crippen LogP contribution is -2.26. The number of amides is 2. The number of nitrogens with one attached hydrogen (secondary N) is 3.